The lowest BCUT2D eigenvalue weighted by atomic mass is 10.2. The van der Waals surface area contributed by atoms with Crippen LogP contribution < -0.4 is 10.6 Å². The molecule has 0 saturated heterocycles. The number of hydrogen-bond donors (Lipinski definition) is 2. The maximum atomic E-state index is 12.3. The van der Waals surface area contributed by atoms with Gasteiger partial charge in [-0.2, -0.15) is 0 Å². The molecule has 0 aliphatic carbocycles. The van der Waals surface area contributed by atoms with E-state index in [0.717, 1.165) is 22.3 Å². The Kier molecular flexibility index (Phi) is 9.86. The summed E-state index contributed by atoms with van der Waals surface area (Å²) >= 11 is 3.42. The molecule has 0 fully saturated rings. The van der Waals surface area contributed by atoms with E-state index >= 15 is 0 Å². The normalized spacial score (nSPS) is 10.9. The van der Waals surface area contributed by atoms with Gasteiger partial charge in [0, 0.05) is 42.7 Å². The molecule has 2 N–H and O–H groups in total. The number of hydrogen-bond acceptors (Lipinski definition) is 2. The van der Waals surface area contributed by atoms with E-state index in [-0.39, 0.29) is 36.4 Å². The molecule has 8 heteroatoms. The summed E-state index contributed by atoms with van der Waals surface area (Å²) in [5.74, 6) is 0.559. The molecule has 0 unspecified atom stereocenters. The van der Waals surface area contributed by atoms with E-state index in [9.17, 15) is 4.79 Å². The number of aromatic nitrogens is 1. The van der Waals surface area contributed by atoms with Crippen LogP contribution in [-0.4, -0.2) is 41.5 Å². The van der Waals surface area contributed by atoms with Crippen molar-refractivity contribution >= 4 is 57.5 Å². The number of guanidine groups is 1. The van der Waals surface area contributed by atoms with Crippen LogP contribution in [0.2, 0.25) is 0 Å². The van der Waals surface area contributed by atoms with Gasteiger partial charge in [0.05, 0.1) is 6.54 Å². The maximum absolute atomic E-state index is 12.3. The number of nitrogens with zero attached hydrogens (tertiary/aromatic N) is 3. The van der Waals surface area contributed by atoms with Crippen molar-refractivity contribution in [2.24, 2.45) is 12.0 Å². The van der Waals surface area contributed by atoms with Crippen LogP contribution in [0.15, 0.2) is 46.0 Å². The molecule has 0 bridgehead atoms. The average Bonchev–Trinajstić information content (AvgIpc) is 2.99. The zero-order chi connectivity index (χ0) is 19.1. The first-order chi connectivity index (χ1) is 12.4. The third-order valence-corrected chi connectivity index (χ3v) is 4.49. The zero-order valence-electron chi connectivity index (χ0n) is 16.1. The summed E-state index contributed by atoms with van der Waals surface area (Å²) in [4.78, 5) is 18.8. The van der Waals surface area contributed by atoms with Crippen LogP contribution in [0.25, 0.3) is 0 Å². The standard InChI is InChI=1S/C19H26BrN5O.HI/c1-5-21-19(25(4)13-16-7-6-10-24(16)3)22-12-18(26)23-17-11-15(20)9-8-14(17)2;/h6-11H,5,12-13H2,1-4H3,(H,21,22)(H,23,26);1H. The lowest BCUT2D eigenvalue weighted by molar-refractivity contribution is -0.114. The first-order valence-corrected chi connectivity index (χ1v) is 9.35. The Bertz CT molecular complexity index is 790. The summed E-state index contributed by atoms with van der Waals surface area (Å²) in [6.45, 7) is 5.48. The van der Waals surface area contributed by atoms with Gasteiger partial charge in [0.2, 0.25) is 5.91 Å². The highest BCUT2D eigenvalue weighted by Gasteiger charge is 2.10. The maximum Gasteiger partial charge on any atom is 0.246 e. The van der Waals surface area contributed by atoms with Crippen molar-refractivity contribution < 1.29 is 4.79 Å². The number of amides is 1. The summed E-state index contributed by atoms with van der Waals surface area (Å²) in [6.07, 6.45) is 2.01. The van der Waals surface area contributed by atoms with Crippen molar-refractivity contribution in [1.82, 2.24) is 14.8 Å². The Morgan fingerprint density at radius 3 is 2.70 bits per heavy atom. The van der Waals surface area contributed by atoms with E-state index < -0.39 is 0 Å². The fraction of sp³-hybridized carbons (Fsp3) is 0.368. The van der Waals surface area contributed by atoms with Gasteiger partial charge in [-0.05, 0) is 43.7 Å². The Labute approximate surface area is 186 Å². The summed E-state index contributed by atoms with van der Waals surface area (Å²) in [7, 11) is 3.98. The zero-order valence-corrected chi connectivity index (χ0v) is 20.0. The molecule has 0 radical (unpaired) electrons. The van der Waals surface area contributed by atoms with Gasteiger partial charge in [-0.1, -0.05) is 22.0 Å². The third-order valence-electron chi connectivity index (χ3n) is 3.99. The fourth-order valence-corrected chi connectivity index (χ4v) is 2.87. The number of anilines is 1. The van der Waals surface area contributed by atoms with Gasteiger partial charge in [-0.15, -0.1) is 24.0 Å². The smallest absolute Gasteiger partial charge is 0.246 e. The van der Waals surface area contributed by atoms with Crippen LogP contribution >= 0.6 is 39.9 Å². The molecule has 0 spiro atoms. The van der Waals surface area contributed by atoms with E-state index in [1.54, 1.807) is 0 Å². The Balaban J connectivity index is 0.00000364. The van der Waals surface area contributed by atoms with Crippen molar-refractivity contribution in [3.05, 3.63) is 52.3 Å². The first-order valence-electron chi connectivity index (χ1n) is 8.56. The third kappa shape index (κ3) is 7.17. The molecule has 1 aromatic carbocycles. The monoisotopic (exact) mass is 547 g/mol. The minimum atomic E-state index is -0.145. The minimum Gasteiger partial charge on any atom is -0.357 e. The van der Waals surface area contributed by atoms with Crippen LogP contribution in [0, 0.1) is 6.92 Å². The Morgan fingerprint density at radius 2 is 2.07 bits per heavy atom. The van der Waals surface area contributed by atoms with Gasteiger partial charge in [0.25, 0.3) is 0 Å². The molecular weight excluding hydrogens is 521 g/mol. The molecule has 2 aromatic rings. The summed E-state index contributed by atoms with van der Waals surface area (Å²) in [5, 5.41) is 6.15. The number of carbonyl (C=O) groups excluding carboxylic acids is 1. The number of benzene rings is 1. The van der Waals surface area contributed by atoms with Crippen molar-refractivity contribution in [2.45, 2.75) is 20.4 Å². The van der Waals surface area contributed by atoms with Crippen molar-refractivity contribution in [1.29, 1.82) is 0 Å². The highest BCUT2D eigenvalue weighted by atomic mass is 127. The SMILES string of the molecule is CCNC(=NCC(=O)Nc1cc(Br)ccc1C)N(C)Cc1cccn1C.I. The molecular formula is C19H27BrIN5O. The highest BCUT2D eigenvalue weighted by Crippen LogP contribution is 2.20. The molecule has 148 valence electrons. The predicted molar refractivity (Wildman–Crippen MR) is 126 cm³/mol. The first kappa shape index (κ1) is 23.5. The topological polar surface area (TPSA) is 61.7 Å². The second-order valence-electron chi connectivity index (χ2n) is 6.14. The summed E-state index contributed by atoms with van der Waals surface area (Å²) in [6, 6.07) is 9.89. The molecule has 27 heavy (non-hydrogen) atoms. The van der Waals surface area contributed by atoms with Gasteiger partial charge in [-0.25, -0.2) is 4.99 Å². The number of carbonyl (C=O) groups is 1. The number of rotatable bonds is 6. The molecule has 6 nitrogen and oxygen atoms in total. The molecule has 0 atom stereocenters. The second kappa shape index (κ2) is 11.3. The van der Waals surface area contributed by atoms with E-state index in [1.165, 1.54) is 5.69 Å². The molecule has 1 heterocycles. The number of nitrogens with one attached hydrogen (secondary N) is 2. The van der Waals surface area contributed by atoms with Crippen LogP contribution in [0.1, 0.15) is 18.2 Å². The summed E-state index contributed by atoms with van der Waals surface area (Å²) in [5.41, 5.74) is 2.98. The van der Waals surface area contributed by atoms with Gasteiger partial charge < -0.3 is 20.1 Å². The highest BCUT2D eigenvalue weighted by molar-refractivity contribution is 14.0. The quantitative estimate of drug-likeness (QED) is 0.329. The van der Waals surface area contributed by atoms with Gasteiger partial charge in [0.15, 0.2) is 5.96 Å². The van der Waals surface area contributed by atoms with Gasteiger partial charge >= 0.3 is 0 Å². The Morgan fingerprint density at radius 1 is 1.33 bits per heavy atom. The molecule has 0 aliphatic heterocycles. The van der Waals surface area contributed by atoms with Crippen molar-refractivity contribution in [3.63, 3.8) is 0 Å². The van der Waals surface area contributed by atoms with Crippen LogP contribution in [-0.2, 0) is 18.4 Å². The van der Waals surface area contributed by atoms with E-state index in [1.807, 2.05) is 63.3 Å². The fourth-order valence-electron chi connectivity index (χ4n) is 2.51. The second-order valence-corrected chi connectivity index (χ2v) is 7.06. The molecule has 1 aromatic heterocycles. The van der Waals surface area contributed by atoms with Crippen LogP contribution in [0.3, 0.4) is 0 Å². The van der Waals surface area contributed by atoms with E-state index in [0.29, 0.717) is 12.5 Å². The largest absolute Gasteiger partial charge is 0.357 e. The van der Waals surface area contributed by atoms with Crippen molar-refractivity contribution in [3.8, 4) is 0 Å². The molecule has 0 aliphatic rings. The van der Waals surface area contributed by atoms with E-state index in [4.69, 9.17) is 0 Å². The van der Waals surface area contributed by atoms with Crippen LogP contribution in [0.4, 0.5) is 5.69 Å². The number of aryl methyl sites for hydroxylation is 2. The predicted octanol–water partition coefficient (Wildman–Crippen LogP) is 3.75. The van der Waals surface area contributed by atoms with Crippen LogP contribution in [0.5, 0.6) is 0 Å². The van der Waals surface area contributed by atoms with E-state index in [2.05, 4.69) is 42.2 Å². The number of aliphatic imine (C=N–C) groups is 1. The van der Waals surface area contributed by atoms with Crippen molar-refractivity contribution in [2.75, 3.05) is 25.5 Å². The minimum absolute atomic E-state index is 0. The number of halogens is 2. The molecule has 2 rings (SSSR count). The lowest BCUT2D eigenvalue weighted by Gasteiger charge is -2.22. The Hall–Kier alpha value is -1.55. The van der Waals surface area contributed by atoms with Gasteiger partial charge in [0.1, 0.15) is 6.54 Å². The molecule has 1 amide bonds. The van der Waals surface area contributed by atoms with Gasteiger partial charge in [-0.3, -0.25) is 4.79 Å². The summed E-state index contributed by atoms with van der Waals surface area (Å²) < 4.78 is 3.00. The molecule has 0 saturated carbocycles. The average molecular weight is 548 g/mol. The lowest BCUT2D eigenvalue weighted by Crippen LogP contribution is -2.39.